The fourth-order valence-electron chi connectivity index (χ4n) is 1.94. The van der Waals surface area contributed by atoms with Gasteiger partial charge in [0.15, 0.2) is 0 Å². The highest BCUT2D eigenvalue weighted by molar-refractivity contribution is 5.81. The van der Waals surface area contributed by atoms with Crippen molar-refractivity contribution in [1.29, 1.82) is 0 Å². The van der Waals surface area contributed by atoms with Crippen molar-refractivity contribution < 1.29 is 36.1 Å². The summed E-state index contributed by atoms with van der Waals surface area (Å²) in [4.78, 5) is 12.4. The SMILES string of the molecule is C=CC(=O)OCCOc1ccc(C=CC[NH+](CC)CC)cc1.[Br-]. The maximum atomic E-state index is 10.9. The molecule has 0 saturated carbocycles. The molecule has 128 valence electrons. The van der Waals surface area contributed by atoms with Gasteiger partial charge >= 0.3 is 5.97 Å². The molecular weight excluding hydrogens is 358 g/mol. The molecule has 0 atom stereocenters. The Morgan fingerprint density at radius 2 is 1.83 bits per heavy atom. The summed E-state index contributed by atoms with van der Waals surface area (Å²) >= 11 is 0. The first kappa shape index (κ1) is 21.4. The zero-order chi connectivity index (χ0) is 16.2. The summed E-state index contributed by atoms with van der Waals surface area (Å²) in [6.07, 6.45) is 5.47. The monoisotopic (exact) mass is 383 g/mol. The van der Waals surface area contributed by atoms with Gasteiger partial charge in [-0.3, -0.25) is 0 Å². The van der Waals surface area contributed by atoms with Crippen LogP contribution in [0.5, 0.6) is 5.75 Å². The molecule has 1 rings (SSSR count). The Hall–Kier alpha value is -1.59. The second-order valence-corrected chi connectivity index (χ2v) is 4.85. The minimum absolute atomic E-state index is 0. The van der Waals surface area contributed by atoms with Crippen LogP contribution in [0.4, 0.5) is 0 Å². The quantitative estimate of drug-likeness (QED) is 0.311. The van der Waals surface area contributed by atoms with Gasteiger partial charge in [-0.1, -0.05) is 24.8 Å². The number of rotatable bonds is 10. The van der Waals surface area contributed by atoms with Gasteiger partial charge in [0, 0.05) is 6.08 Å². The molecule has 0 fully saturated rings. The zero-order valence-electron chi connectivity index (χ0n) is 13.9. The molecule has 23 heavy (non-hydrogen) atoms. The Kier molecular flexibility index (Phi) is 12.0. The lowest BCUT2D eigenvalue weighted by atomic mass is 10.2. The van der Waals surface area contributed by atoms with Gasteiger partial charge in [0.1, 0.15) is 19.0 Å². The molecule has 1 aromatic rings. The molecule has 0 saturated heterocycles. The second kappa shape index (κ2) is 12.9. The highest BCUT2D eigenvalue weighted by atomic mass is 79.9. The second-order valence-electron chi connectivity index (χ2n) is 4.85. The number of nitrogens with one attached hydrogen (secondary N) is 1. The smallest absolute Gasteiger partial charge is 0.330 e. The minimum atomic E-state index is -0.431. The number of halogens is 1. The zero-order valence-corrected chi connectivity index (χ0v) is 15.5. The number of carbonyl (C=O) groups excluding carboxylic acids is 1. The number of ether oxygens (including phenoxy) is 2. The van der Waals surface area contributed by atoms with Crippen LogP contribution < -0.4 is 26.6 Å². The highest BCUT2D eigenvalue weighted by Gasteiger charge is 1.99. The highest BCUT2D eigenvalue weighted by Crippen LogP contribution is 2.12. The number of carbonyl (C=O) groups is 1. The Morgan fingerprint density at radius 1 is 1.17 bits per heavy atom. The van der Waals surface area contributed by atoms with Gasteiger partial charge < -0.3 is 31.4 Å². The topological polar surface area (TPSA) is 40.0 Å². The molecular formula is C18H26BrNO3. The lowest BCUT2D eigenvalue weighted by Crippen LogP contribution is -3.11. The van der Waals surface area contributed by atoms with Crippen molar-refractivity contribution in [2.45, 2.75) is 13.8 Å². The lowest BCUT2D eigenvalue weighted by Gasteiger charge is -2.12. The third kappa shape index (κ3) is 9.21. The van der Waals surface area contributed by atoms with Crippen LogP contribution in [0.25, 0.3) is 6.08 Å². The van der Waals surface area contributed by atoms with E-state index in [0.29, 0.717) is 6.61 Å². The van der Waals surface area contributed by atoms with Gasteiger partial charge in [0.2, 0.25) is 0 Å². The molecule has 1 N–H and O–H groups in total. The van der Waals surface area contributed by atoms with Gasteiger partial charge in [-0.15, -0.1) is 0 Å². The summed E-state index contributed by atoms with van der Waals surface area (Å²) in [7, 11) is 0. The molecule has 5 heteroatoms. The number of likely N-dealkylation sites (N-methyl/N-ethyl adjacent to an activating group) is 1. The van der Waals surface area contributed by atoms with Gasteiger partial charge in [0.25, 0.3) is 0 Å². The molecule has 0 aliphatic carbocycles. The molecule has 1 aromatic carbocycles. The van der Waals surface area contributed by atoms with Crippen LogP contribution >= 0.6 is 0 Å². The van der Waals surface area contributed by atoms with E-state index in [4.69, 9.17) is 9.47 Å². The number of hydrogen-bond donors (Lipinski definition) is 1. The Balaban J connectivity index is 0.00000484. The molecule has 0 heterocycles. The maximum Gasteiger partial charge on any atom is 0.330 e. The van der Waals surface area contributed by atoms with Crippen LogP contribution in [0, 0.1) is 0 Å². The fraction of sp³-hybridized carbons (Fsp3) is 0.389. The van der Waals surface area contributed by atoms with Crippen LogP contribution in [-0.2, 0) is 9.53 Å². The van der Waals surface area contributed by atoms with Crippen LogP contribution in [0.2, 0.25) is 0 Å². The fourth-order valence-corrected chi connectivity index (χ4v) is 1.94. The van der Waals surface area contributed by atoms with E-state index in [9.17, 15) is 4.79 Å². The van der Waals surface area contributed by atoms with E-state index in [-0.39, 0.29) is 23.6 Å². The van der Waals surface area contributed by atoms with Crippen molar-refractivity contribution in [3.63, 3.8) is 0 Å². The standard InChI is InChI=1S/C18H25NO3.BrH/c1-4-18(20)22-15-14-21-17-11-9-16(10-12-17)8-7-13-19(5-2)6-3;/h4,7-12H,1,5-6,13-15H2,2-3H3;1H. The summed E-state index contributed by atoms with van der Waals surface area (Å²) in [5.41, 5.74) is 1.15. The van der Waals surface area contributed by atoms with Crippen molar-refractivity contribution in [3.05, 3.63) is 48.6 Å². The average Bonchev–Trinajstić information content (AvgIpc) is 2.56. The third-order valence-electron chi connectivity index (χ3n) is 3.36. The van der Waals surface area contributed by atoms with Gasteiger partial charge in [0.05, 0.1) is 19.6 Å². The largest absolute Gasteiger partial charge is 1.00 e. The molecule has 0 aliphatic heterocycles. The normalized spacial score (nSPS) is 10.4. The van der Waals surface area contributed by atoms with Crippen molar-refractivity contribution in [3.8, 4) is 5.75 Å². The Morgan fingerprint density at radius 3 is 2.39 bits per heavy atom. The summed E-state index contributed by atoms with van der Waals surface area (Å²) < 4.78 is 10.3. The third-order valence-corrected chi connectivity index (χ3v) is 3.36. The summed E-state index contributed by atoms with van der Waals surface area (Å²) in [5.74, 6) is 0.334. The predicted octanol–water partition coefficient (Wildman–Crippen LogP) is -1.26. The molecule has 4 nitrogen and oxygen atoms in total. The van der Waals surface area contributed by atoms with Gasteiger partial charge in [-0.2, -0.15) is 0 Å². The maximum absolute atomic E-state index is 10.9. The van der Waals surface area contributed by atoms with Crippen molar-refractivity contribution >= 4 is 12.0 Å². The first-order valence-corrected chi connectivity index (χ1v) is 7.71. The van der Waals surface area contributed by atoms with Crippen molar-refractivity contribution in [1.82, 2.24) is 0 Å². The molecule has 0 aliphatic rings. The number of quaternary nitrogens is 1. The predicted molar refractivity (Wildman–Crippen MR) is 89.0 cm³/mol. The first-order chi connectivity index (χ1) is 10.7. The summed E-state index contributed by atoms with van der Waals surface area (Å²) in [5, 5.41) is 0. The van der Waals surface area contributed by atoms with E-state index >= 15 is 0 Å². The molecule has 0 unspecified atom stereocenters. The number of hydrogen-bond acceptors (Lipinski definition) is 3. The number of benzene rings is 1. The van der Waals surface area contributed by atoms with Crippen LogP contribution in [0.15, 0.2) is 43.0 Å². The van der Waals surface area contributed by atoms with E-state index in [1.54, 1.807) is 4.90 Å². The van der Waals surface area contributed by atoms with Gasteiger partial charge in [-0.05, 0) is 37.6 Å². The van der Waals surface area contributed by atoms with E-state index in [0.717, 1.165) is 37.0 Å². The lowest BCUT2D eigenvalue weighted by molar-refractivity contribution is -0.890. The molecule has 0 bridgehead atoms. The summed E-state index contributed by atoms with van der Waals surface area (Å²) in [6, 6.07) is 7.86. The van der Waals surface area contributed by atoms with Crippen molar-refractivity contribution in [2.24, 2.45) is 0 Å². The van der Waals surface area contributed by atoms with E-state index in [1.165, 1.54) is 0 Å². The van der Waals surface area contributed by atoms with Crippen LogP contribution in [-0.4, -0.2) is 38.8 Å². The molecule has 0 radical (unpaired) electrons. The minimum Gasteiger partial charge on any atom is -1.00 e. The van der Waals surface area contributed by atoms with Crippen molar-refractivity contribution in [2.75, 3.05) is 32.8 Å². The molecule has 0 aromatic heterocycles. The molecule has 0 spiro atoms. The average molecular weight is 384 g/mol. The van der Waals surface area contributed by atoms with Gasteiger partial charge in [-0.25, -0.2) is 4.79 Å². The Labute approximate surface area is 149 Å². The number of esters is 1. The summed E-state index contributed by atoms with van der Waals surface area (Å²) in [6.45, 7) is 11.6. The molecule has 0 amide bonds. The van der Waals surface area contributed by atoms with E-state index < -0.39 is 5.97 Å². The Bertz CT molecular complexity index is 482. The van der Waals surface area contributed by atoms with Crippen LogP contribution in [0.1, 0.15) is 19.4 Å². The van der Waals surface area contributed by atoms with Crippen LogP contribution in [0.3, 0.4) is 0 Å². The first-order valence-electron chi connectivity index (χ1n) is 7.71. The van der Waals surface area contributed by atoms with E-state index in [2.05, 4.69) is 32.6 Å². The van der Waals surface area contributed by atoms with E-state index in [1.807, 2.05) is 24.3 Å².